The summed E-state index contributed by atoms with van der Waals surface area (Å²) in [5.74, 6) is -0.996. The van der Waals surface area contributed by atoms with Crippen molar-refractivity contribution in [1.29, 1.82) is 0 Å². The van der Waals surface area contributed by atoms with Gasteiger partial charge in [0.25, 0.3) is 0 Å². The van der Waals surface area contributed by atoms with E-state index < -0.39 is 0 Å². The summed E-state index contributed by atoms with van der Waals surface area (Å²) in [5, 5.41) is 2.67. The second-order valence-electron chi connectivity index (χ2n) is 3.98. The fourth-order valence-corrected chi connectivity index (χ4v) is 2.23. The van der Waals surface area contributed by atoms with Gasteiger partial charge in [0.05, 0.1) is 12.1 Å². The number of rotatable bonds is 3. The molecule has 0 atom stereocenters. The number of anilines is 1. The van der Waals surface area contributed by atoms with Crippen LogP contribution in [0.3, 0.4) is 0 Å². The smallest absolute Gasteiger partial charge is 0.228 e. The van der Waals surface area contributed by atoms with Gasteiger partial charge in [-0.2, -0.15) is 0 Å². The van der Waals surface area contributed by atoms with Gasteiger partial charge in [0.2, 0.25) is 5.91 Å². The Labute approximate surface area is 123 Å². The van der Waals surface area contributed by atoms with Crippen molar-refractivity contribution in [3.63, 3.8) is 0 Å². The van der Waals surface area contributed by atoms with Gasteiger partial charge in [-0.3, -0.25) is 4.79 Å². The maximum absolute atomic E-state index is 13.0. The maximum Gasteiger partial charge on any atom is 0.228 e. The van der Waals surface area contributed by atoms with E-state index >= 15 is 0 Å². The Morgan fingerprint density at radius 2 is 1.84 bits per heavy atom. The first kappa shape index (κ1) is 13.9. The van der Waals surface area contributed by atoms with E-state index in [9.17, 15) is 13.6 Å². The van der Waals surface area contributed by atoms with Gasteiger partial charge in [-0.1, -0.05) is 12.1 Å². The lowest BCUT2D eigenvalue weighted by atomic mass is 10.1. The number of hydrogen-bond acceptors (Lipinski definition) is 1. The zero-order chi connectivity index (χ0) is 13.8. The first-order chi connectivity index (χ1) is 9.04. The average molecular weight is 373 g/mol. The first-order valence-corrected chi connectivity index (χ1v) is 6.62. The number of carbonyl (C=O) groups is 1. The zero-order valence-corrected chi connectivity index (χ0v) is 11.9. The monoisotopic (exact) mass is 373 g/mol. The molecule has 0 aliphatic rings. The average Bonchev–Trinajstić information content (AvgIpc) is 2.33. The van der Waals surface area contributed by atoms with Gasteiger partial charge in [-0.15, -0.1) is 0 Å². The van der Waals surface area contributed by atoms with E-state index in [1.54, 1.807) is 12.1 Å². The van der Waals surface area contributed by atoms with Crippen LogP contribution in [0.5, 0.6) is 0 Å². The fraction of sp³-hybridized carbons (Fsp3) is 0.0714. The molecule has 1 N–H and O–H groups in total. The van der Waals surface area contributed by atoms with Crippen LogP contribution in [0.15, 0.2) is 42.5 Å². The summed E-state index contributed by atoms with van der Waals surface area (Å²) < 4.78 is 26.5. The summed E-state index contributed by atoms with van der Waals surface area (Å²) in [4.78, 5) is 11.8. The largest absolute Gasteiger partial charge is 0.325 e. The van der Waals surface area contributed by atoms with Crippen molar-refractivity contribution in [2.45, 2.75) is 6.42 Å². The Balaban J connectivity index is 2.05. The highest BCUT2D eigenvalue weighted by Crippen LogP contribution is 2.19. The molecule has 0 fully saturated rings. The summed E-state index contributed by atoms with van der Waals surface area (Å²) in [6.07, 6.45) is 0.0746. The second-order valence-corrected chi connectivity index (χ2v) is 5.14. The van der Waals surface area contributed by atoms with Crippen LogP contribution in [-0.4, -0.2) is 5.91 Å². The molecule has 0 saturated carbocycles. The predicted molar refractivity (Wildman–Crippen MR) is 77.9 cm³/mol. The van der Waals surface area contributed by atoms with Crippen LogP contribution in [0.2, 0.25) is 0 Å². The Hall–Kier alpha value is -1.50. The summed E-state index contributed by atoms with van der Waals surface area (Å²) in [6, 6.07) is 9.98. The van der Waals surface area contributed by atoms with Crippen LogP contribution >= 0.6 is 22.6 Å². The number of hydrogen-bond donors (Lipinski definition) is 1. The summed E-state index contributed by atoms with van der Waals surface area (Å²) in [6.45, 7) is 0. The number of carbonyl (C=O) groups excluding carboxylic acids is 1. The van der Waals surface area contributed by atoms with Gasteiger partial charge >= 0.3 is 0 Å². The van der Waals surface area contributed by atoms with Crippen LogP contribution in [0.4, 0.5) is 14.5 Å². The third-order valence-corrected chi connectivity index (χ3v) is 3.35. The van der Waals surface area contributed by atoms with Gasteiger partial charge in [0.15, 0.2) is 0 Å². The predicted octanol–water partition coefficient (Wildman–Crippen LogP) is 3.75. The molecule has 2 rings (SSSR count). The number of halogens is 3. The number of benzene rings is 2. The Morgan fingerprint density at radius 3 is 2.53 bits per heavy atom. The molecule has 2 nitrogen and oxygen atoms in total. The minimum atomic E-state index is -0.373. The van der Waals surface area contributed by atoms with E-state index in [-0.39, 0.29) is 24.0 Å². The van der Waals surface area contributed by atoms with Gasteiger partial charge in [0, 0.05) is 3.57 Å². The highest BCUT2D eigenvalue weighted by atomic mass is 127. The quantitative estimate of drug-likeness (QED) is 0.816. The SMILES string of the molecule is O=C(Cc1cccc(F)c1)Nc1ccc(F)cc1I. The molecule has 98 valence electrons. The highest BCUT2D eigenvalue weighted by Gasteiger charge is 2.07. The summed E-state index contributed by atoms with van der Waals surface area (Å²) in [7, 11) is 0. The third kappa shape index (κ3) is 3.99. The summed E-state index contributed by atoms with van der Waals surface area (Å²) in [5.41, 5.74) is 1.14. The van der Waals surface area contributed by atoms with Crippen molar-refractivity contribution in [3.8, 4) is 0 Å². The second kappa shape index (κ2) is 6.10. The van der Waals surface area contributed by atoms with Gasteiger partial charge < -0.3 is 5.32 Å². The molecule has 0 aliphatic heterocycles. The molecule has 0 aliphatic carbocycles. The van der Waals surface area contributed by atoms with Crippen molar-refractivity contribution in [2.75, 3.05) is 5.32 Å². The zero-order valence-electron chi connectivity index (χ0n) is 9.79. The Kier molecular flexibility index (Phi) is 4.47. The van der Waals surface area contributed by atoms with Crippen molar-refractivity contribution >= 4 is 34.2 Å². The highest BCUT2D eigenvalue weighted by molar-refractivity contribution is 14.1. The van der Waals surface area contributed by atoms with Gasteiger partial charge in [-0.05, 0) is 58.5 Å². The van der Waals surface area contributed by atoms with Gasteiger partial charge in [0.1, 0.15) is 11.6 Å². The lowest BCUT2D eigenvalue weighted by Gasteiger charge is -2.07. The molecule has 0 radical (unpaired) electrons. The van der Waals surface area contributed by atoms with E-state index in [0.717, 1.165) is 0 Å². The lowest BCUT2D eigenvalue weighted by Crippen LogP contribution is -2.15. The van der Waals surface area contributed by atoms with Crippen molar-refractivity contribution < 1.29 is 13.6 Å². The molecule has 19 heavy (non-hydrogen) atoms. The molecule has 5 heteroatoms. The molecule has 0 bridgehead atoms. The molecule has 0 aromatic heterocycles. The Bertz CT molecular complexity index is 616. The molecule has 0 spiro atoms. The van der Waals surface area contributed by atoms with Crippen LogP contribution in [0.25, 0.3) is 0 Å². The third-order valence-electron chi connectivity index (χ3n) is 2.46. The molecule has 1 amide bonds. The Morgan fingerprint density at radius 1 is 1.11 bits per heavy atom. The van der Waals surface area contributed by atoms with Crippen molar-refractivity contribution in [1.82, 2.24) is 0 Å². The molecule has 2 aromatic rings. The lowest BCUT2D eigenvalue weighted by molar-refractivity contribution is -0.115. The van der Waals surface area contributed by atoms with Gasteiger partial charge in [-0.25, -0.2) is 8.78 Å². The topological polar surface area (TPSA) is 29.1 Å². The van der Waals surface area contributed by atoms with Crippen molar-refractivity contribution in [2.24, 2.45) is 0 Å². The van der Waals surface area contributed by atoms with E-state index in [1.807, 2.05) is 22.6 Å². The molecule has 0 saturated heterocycles. The summed E-state index contributed by atoms with van der Waals surface area (Å²) >= 11 is 1.94. The normalized spacial score (nSPS) is 10.3. The minimum Gasteiger partial charge on any atom is -0.325 e. The molecule has 0 unspecified atom stereocenters. The fourth-order valence-electron chi connectivity index (χ4n) is 1.62. The maximum atomic E-state index is 13.0. The van der Waals surface area contributed by atoms with Crippen LogP contribution in [-0.2, 0) is 11.2 Å². The van der Waals surface area contributed by atoms with E-state index in [0.29, 0.717) is 14.8 Å². The molecular formula is C14H10F2INO. The number of amides is 1. The van der Waals surface area contributed by atoms with Crippen molar-refractivity contribution in [3.05, 3.63) is 63.2 Å². The van der Waals surface area contributed by atoms with Crippen LogP contribution in [0.1, 0.15) is 5.56 Å². The van der Waals surface area contributed by atoms with E-state index in [2.05, 4.69) is 5.32 Å². The molecule has 0 heterocycles. The van der Waals surface area contributed by atoms with E-state index in [1.165, 1.54) is 30.3 Å². The molecular weight excluding hydrogens is 363 g/mol. The van der Waals surface area contributed by atoms with E-state index in [4.69, 9.17) is 0 Å². The van der Waals surface area contributed by atoms with Crippen LogP contribution in [0, 0.1) is 15.2 Å². The molecule has 2 aromatic carbocycles. The first-order valence-electron chi connectivity index (χ1n) is 5.54. The standard InChI is InChI=1S/C14H10F2INO/c15-10-3-1-2-9(6-10)7-14(19)18-13-5-4-11(16)8-12(13)17/h1-6,8H,7H2,(H,18,19). The number of nitrogens with one attached hydrogen (secondary N) is 1. The van der Waals surface area contributed by atoms with Crippen LogP contribution < -0.4 is 5.32 Å². The minimum absolute atomic E-state index is 0.0746.